The average molecular weight is 289 g/mol. The van der Waals surface area contributed by atoms with Gasteiger partial charge in [-0.2, -0.15) is 0 Å². The van der Waals surface area contributed by atoms with Gasteiger partial charge >= 0.3 is 0 Å². The van der Waals surface area contributed by atoms with Crippen molar-refractivity contribution in [3.05, 3.63) is 23.5 Å². The summed E-state index contributed by atoms with van der Waals surface area (Å²) in [7, 11) is 0. The molecule has 1 aromatic carbocycles. The van der Waals surface area contributed by atoms with Crippen molar-refractivity contribution >= 4 is 5.69 Å². The lowest BCUT2D eigenvalue weighted by molar-refractivity contribution is 0.0921. The average Bonchev–Trinajstić information content (AvgIpc) is 3.17. The Balaban J connectivity index is 1.79. The third-order valence-corrected chi connectivity index (χ3v) is 4.40. The summed E-state index contributed by atoms with van der Waals surface area (Å²) >= 11 is 0. The summed E-state index contributed by atoms with van der Waals surface area (Å²) in [6, 6.07) is 3.27. The molecular weight excluding hydrogens is 273 g/mol. The zero-order valence-corrected chi connectivity index (χ0v) is 11.7. The van der Waals surface area contributed by atoms with Gasteiger partial charge in [0.25, 0.3) is 0 Å². The normalized spacial score (nSPS) is 27.4. The number of halogens is 1. The molecule has 6 nitrogen and oxygen atoms in total. The molecule has 0 aliphatic carbocycles. The molecule has 0 saturated carbocycles. The van der Waals surface area contributed by atoms with Gasteiger partial charge in [-0.25, -0.2) is 9.07 Å². The minimum Gasteiger partial charge on any atom is -0.399 e. The van der Waals surface area contributed by atoms with Crippen molar-refractivity contribution in [3.63, 3.8) is 0 Å². The summed E-state index contributed by atoms with van der Waals surface area (Å²) in [5.41, 5.74) is 7.17. The van der Waals surface area contributed by atoms with Crippen molar-refractivity contribution in [3.8, 4) is 11.4 Å². The molecule has 2 bridgehead atoms. The van der Waals surface area contributed by atoms with Crippen molar-refractivity contribution in [1.29, 1.82) is 0 Å². The van der Waals surface area contributed by atoms with Gasteiger partial charge < -0.3 is 10.5 Å². The van der Waals surface area contributed by atoms with E-state index in [0.717, 1.165) is 19.3 Å². The first-order chi connectivity index (χ1) is 10.1. The van der Waals surface area contributed by atoms with Gasteiger partial charge in [0.15, 0.2) is 5.82 Å². The molecule has 2 aliphatic heterocycles. The molecule has 110 valence electrons. The van der Waals surface area contributed by atoms with Crippen LogP contribution in [-0.4, -0.2) is 32.4 Å². The number of hydrogen-bond donors (Lipinski definition) is 1. The van der Waals surface area contributed by atoms with Crippen molar-refractivity contribution in [2.24, 2.45) is 0 Å². The standard InChI is InChI=1S/C14H16FN5O/c1-7-4-8(16)5-10(13(7)15)14-17-18-19-20(14)11-6-9-2-3-12(11)21-9/h4-5,9,11-12H,2-3,6,16H2,1H3. The summed E-state index contributed by atoms with van der Waals surface area (Å²) < 4.78 is 21.9. The summed E-state index contributed by atoms with van der Waals surface area (Å²) in [6.45, 7) is 1.68. The van der Waals surface area contributed by atoms with Gasteiger partial charge in [0, 0.05) is 5.69 Å². The van der Waals surface area contributed by atoms with Crippen LogP contribution in [0.3, 0.4) is 0 Å². The van der Waals surface area contributed by atoms with Crippen LogP contribution in [0.1, 0.15) is 30.9 Å². The molecule has 3 unspecified atom stereocenters. The molecule has 21 heavy (non-hydrogen) atoms. The van der Waals surface area contributed by atoms with Crippen LogP contribution in [-0.2, 0) is 4.74 Å². The summed E-state index contributed by atoms with van der Waals surface area (Å²) in [6.07, 6.45) is 3.38. The van der Waals surface area contributed by atoms with Crippen LogP contribution >= 0.6 is 0 Å². The van der Waals surface area contributed by atoms with Crippen molar-refractivity contribution in [1.82, 2.24) is 20.2 Å². The van der Waals surface area contributed by atoms with Crippen molar-refractivity contribution < 1.29 is 9.13 Å². The number of tetrazole rings is 1. The Morgan fingerprint density at radius 1 is 1.38 bits per heavy atom. The lowest BCUT2D eigenvalue weighted by Gasteiger charge is -2.20. The smallest absolute Gasteiger partial charge is 0.185 e. The molecule has 4 rings (SSSR count). The Kier molecular flexibility index (Phi) is 2.72. The van der Waals surface area contributed by atoms with Gasteiger partial charge in [0.2, 0.25) is 0 Å². The fraction of sp³-hybridized carbons (Fsp3) is 0.500. The molecule has 1 aromatic heterocycles. The maximum Gasteiger partial charge on any atom is 0.185 e. The van der Waals surface area contributed by atoms with Gasteiger partial charge in [-0.3, -0.25) is 0 Å². The van der Waals surface area contributed by atoms with Crippen LogP contribution < -0.4 is 5.73 Å². The van der Waals surface area contributed by atoms with Gasteiger partial charge in [-0.1, -0.05) is 0 Å². The Bertz CT molecular complexity index is 701. The zero-order chi connectivity index (χ0) is 14.6. The number of anilines is 1. The molecule has 3 atom stereocenters. The van der Waals surface area contributed by atoms with E-state index >= 15 is 0 Å². The molecule has 0 amide bonds. The van der Waals surface area contributed by atoms with Crippen LogP contribution in [0.2, 0.25) is 0 Å². The third kappa shape index (κ3) is 1.91. The Morgan fingerprint density at radius 3 is 2.95 bits per heavy atom. The molecular formula is C14H16FN5O. The lowest BCUT2D eigenvalue weighted by Crippen LogP contribution is -2.23. The molecule has 2 saturated heterocycles. The number of fused-ring (bicyclic) bond motifs is 2. The summed E-state index contributed by atoms with van der Waals surface area (Å²) in [4.78, 5) is 0. The number of rotatable bonds is 2. The minimum absolute atomic E-state index is 0.0786. The number of nitrogen functional groups attached to an aromatic ring is 1. The first-order valence-corrected chi connectivity index (χ1v) is 7.13. The second-order valence-corrected chi connectivity index (χ2v) is 5.82. The second kappa shape index (κ2) is 4.49. The van der Waals surface area contributed by atoms with Gasteiger partial charge in [-0.05, 0) is 54.3 Å². The predicted molar refractivity (Wildman–Crippen MR) is 73.9 cm³/mol. The number of aryl methyl sites for hydroxylation is 1. The van der Waals surface area contributed by atoms with Crippen LogP contribution in [0.5, 0.6) is 0 Å². The quantitative estimate of drug-likeness (QED) is 0.854. The van der Waals surface area contributed by atoms with Gasteiger partial charge in [0.05, 0.1) is 23.8 Å². The molecule has 7 heteroatoms. The lowest BCUT2D eigenvalue weighted by atomic mass is 9.95. The number of nitrogens with zero attached hydrogens (tertiary/aromatic N) is 4. The number of hydrogen-bond acceptors (Lipinski definition) is 5. The maximum atomic E-state index is 14.4. The molecule has 0 radical (unpaired) electrons. The van der Waals surface area contributed by atoms with E-state index in [9.17, 15) is 4.39 Å². The van der Waals surface area contributed by atoms with E-state index < -0.39 is 0 Å². The molecule has 2 fully saturated rings. The minimum atomic E-state index is -0.329. The highest BCUT2D eigenvalue weighted by atomic mass is 19.1. The molecule has 2 aliphatic rings. The predicted octanol–water partition coefficient (Wildman–Crippen LogP) is 1.86. The van der Waals surface area contributed by atoms with E-state index in [0.29, 0.717) is 22.6 Å². The largest absolute Gasteiger partial charge is 0.399 e. The van der Waals surface area contributed by atoms with E-state index in [2.05, 4.69) is 15.5 Å². The first-order valence-electron chi connectivity index (χ1n) is 7.13. The fourth-order valence-corrected chi connectivity index (χ4v) is 3.42. The van der Waals surface area contributed by atoms with Crippen LogP contribution in [0.4, 0.5) is 10.1 Å². The van der Waals surface area contributed by atoms with Gasteiger partial charge in [-0.15, -0.1) is 5.10 Å². The summed E-state index contributed by atoms with van der Waals surface area (Å²) in [5.74, 6) is 0.0911. The molecule has 3 heterocycles. The van der Waals surface area contributed by atoms with Crippen LogP contribution in [0, 0.1) is 12.7 Å². The first kappa shape index (κ1) is 12.7. The maximum absolute atomic E-state index is 14.4. The molecule has 2 aromatic rings. The highest BCUT2D eigenvalue weighted by Gasteiger charge is 2.43. The van der Waals surface area contributed by atoms with Crippen LogP contribution in [0.15, 0.2) is 12.1 Å². The summed E-state index contributed by atoms with van der Waals surface area (Å²) in [5, 5.41) is 11.8. The van der Waals surface area contributed by atoms with Crippen molar-refractivity contribution in [2.45, 2.75) is 44.4 Å². The van der Waals surface area contributed by atoms with Crippen LogP contribution in [0.25, 0.3) is 11.4 Å². The van der Waals surface area contributed by atoms with E-state index in [1.54, 1.807) is 23.7 Å². The van der Waals surface area contributed by atoms with E-state index in [-0.39, 0.29) is 24.1 Å². The number of ether oxygens (including phenoxy) is 1. The van der Waals surface area contributed by atoms with Gasteiger partial charge in [0.1, 0.15) is 5.82 Å². The monoisotopic (exact) mass is 289 g/mol. The topological polar surface area (TPSA) is 78.9 Å². The van der Waals surface area contributed by atoms with E-state index in [1.165, 1.54) is 0 Å². The third-order valence-electron chi connectivity index (χ3n) is 4.40. The number of benzene rings is 1. The zero-order valence-electron chi connectivity index (χ0n) is 11.7. The highest BCUT2D eigenvalue weighted by Crippen LogP contribution is 2.42. The van der Waals surface area contributed by atoms with Crippen molar-refractivity contribution in [2.75, 3.05) is 5.73 Å². The fourth-order valence-electron chi connectivity index (χ4n) is 3.42. The molecule has 2 N–H and O–H groups in total. The van der Waals surface area contributed by atoms with E-state index in [1.807, 2.05) is 0 Å². The molecule has 0 spiro atoms. The number of aromatic nitrogens is 4. The SMILES string of the molecule is Cc1cc(N)cc(-c2nnnn2C2CC3CCC2O3)c1F. The Morgan fingerprint density at radius 2 is 2.24 bits per heavy atom. The van der Waals surface area contributed by atoms with E-state index in [4.69, 9.17) is 10.5 Å². The highest BCUT2D eigenvalue weighted by molar-refractivity contribution is 5.63. The number of nitrogens with two attached hydrogens (primary N) is 1. The Hall–Kier alpha value is -2.02. The Labute approximate surface area is 121 Å². The second-order valence-electron chi connectivity index (χ2n) is 5.82.